The van der Waals surface area contributed by atoms with E-state index in [1.165, 1.54) is 19.3 Å². The van der Waals surface area contributed by atoms with Crippen molar-refractivity contribution in [3.8, 4) is 0 Å². The zero-order valence-electron chi connectivity index (χ0n) is 8.33. The Bertz CT molecular complexity index is 192. The quantitative estimate of drug-likeness (QED) is 0.569. The summed E-state index contributed by atoms with van der Waals surface area (Å²) < 4.78 is 2.18. The first kappa shape index (κ1) is 9.43. The fraction of sp³-hybridized carbons (Fsp3) is 0.800. The van der Waals surface area contributed by atoms with E-state index in [1.807, 2.05) is 12.4 Å². The smallest absolute Gasteiger partial charge is 0.219 e. The van der Waals surface area contributed by atoms with Gasteiger partial charge in [-0.15, -0.1) is 0 Å². The molecule has 2 nitrogen and oxygen atoms in total. The van der Waals surface area contributed by atoms with Gasteiger partial charge in [-0.2, -0.15) is 0 Å². The maximum absolute atomic E-state index is 4.36. The third-order valence-corrected chi connectivity index (χ3v) is 2.27. The molecule has 0 aliphatic carbocycles. The van der Waals surface area contributed by atoms with E-state index in [0.717, 1.165) is 5.92 Å². The first-order valence-electron chi connectivity index (χ1n) is 4.78. The van der Waals surface area contributed by atoms with Crippen molar-refractivity contribution in [1.29, 1.82) is 0 Å². The van der Waals surface area contributed by atoms with Crippen molar-refractivity contribution in [3.63, 3.8) is 0 Å². The van der Waals surface area contributed by atoms with Crippen LogP contribution in [-0.2, 0) is 0 Å². The van der Waals surface area contributed by atoms with E-state index in [1.54, 1.807) is 0 Å². The van der Waals surface area contributed by atoms with Crippen molar-refractivity contribution >= 4 is 12.4 Å². The van der Waals surface area contributed by atoms with Crippen LogP contribution in [0, 0.1) is 5.92 Å². The molecule has 0 saturated carbocycles. The van der Waals surface area contributed by atoms with Gasteiger partial charge in [-0.05, 0) is 12.3 Å². The molecular weight excluding hydrogens is 148 g/mol. The molecule has 1 atom stereocenters. The Kier molecular flexibility index (Phi) is 3.45. The highest BCUT2D eigenvalue weighted by molar-refractivity contribution is 6.14. The molecule has 1 unspecified atom stereocenters. The van der Waals surface area contributed by atoms with E-state index < -0.39 is 0 Å². The Balaban J connectivity index is 2.16. The van der Waals surface area contributed by atoms with Gasteiger partial charge in [-0.3, -0.25) is 0 Å². The highest BCUT2D eigenvalue weighted by atomic mass is 15.2. The Morgan fingerprint density at radius 3 is 2.75 bits per heavy atom. The molecule has 0 bridgehead atoms. The average molecular weight is 167 g/mol. The first-order valence-corrected chi connectivity index (χ1v) is 4.78. The average Bonchev–Trinajstić information content (AvgIpc) is 2.36. The Labute approximate surface area is 75.0 Å². The van der Waals surface area contributed by atoms with Gasteiger partial charge >= 0.3 is 0 Å². The molecule has 0 radical (unpaired) electrons. The van der Waals surface area contributed by atoms with Gasteiger partial charge in [0, 0.05) is 6.42 Å². The van der Waals surface area contributed by atoms with E-state index >= 15 is 0 Å². The van der Waals surface area contributed by atoms with Crippen LogP contribution >= 0.6 is 0 Å². The summed E-state index contributed by atoms with van der Waals surface area (Å²) in [5.74, 6) is 0.824. The first-order chi connectivity index (χ1) is 5.70. The zero-order chi connectivity index (χ0) is 8.97. The van der Waals surface area contributed by atoms with Crippen molar-refractivity contribution < 1.29 is 4.58 Å². The minimum Gasteiger partial charge on any atom is -0.219 e. The molecular formula is C10H19N2+. The number of rotatable bonds is 4. The van der Waals surface area contributed by atoms with E-state index in [0.29, 0.717) is 6.17 Å². The summed E-state index contributed by atoms with van der Waals surface area (Å²) in [7, 11) is 2.09. The van der Waals surface area contributed by atoms with Crippen LogP contribution in [-0.4, -0.2) is 30.2 Å². The maximum atomic E-state index is 4.36. The highest BCUT2D eigenvalue weighted by Gasteiger charge is 2.17. The zero-order valence-corrected chi connectivity index (χ0v) is 8.33. The van der Waals surface area contributed by atoms with Crippen molar-refractivity contribution in [2.24, 2.45) is 10.9 Å². The van der Waals surface area contributed by atoms with Crippen LogP contribution in [0.25, 0.3) is 0 Å². The SMILES string of the molecule is CC(C)CCCC1N=CC=[N+]1C. The number of aliphatic imine (C=N–C) groups is 1. The van der Waals surface area contributed by atoms with Gasteiger partial charge in [0.15, 0.2) is 6.21 Å². The summed E-state index contributed by atoms with van der Waals surface area (Å²) in [5, 5.41) is 0. The molecule has 1 aliphatic rings. The van der Waals surface area contributed by atoms with Crippen LogP contribution in [0.3, 0.4) is 0 Å². The lowest BCUT2D eigenvalue weighted by atomic mass is 10.1. The molecule has 0 amide bonds. The summed E-state index contributed by atoms with van der Waals surface area (Å²) in [6.07, 6.45) is 8.17. The van der Waals surface area contributed by atoms with Crippen molar-refractivity contribution in [2.45, 2.75) is 39.3 Å². The number of hydrogen-bond acceptors (Lipinski definition) is 1. The lowest BCUT2D eigenvalue weighted by Gasteiger charge is -2.06. The molecule has 0 N–H and O–H groups in total. The molecule has 12 heavy (non-hydrogen) atoms. The third kappa shape index (κ3) is 2.76. The highest BCUT2D eigenvalue weighted by Crippen LogP contribution is 2.11. The fourth-order valence-corrected chi connectivity index (χ4v) is 1.43. The largest absolute Gasteiger partial charge is 0.245 e. The molecule has 0 aromatic carbocycles. The number of nitrogens with zero attached hydrogens (tertiary/aromatic N) is 2. The van der Waals surface area contributed by atoms with Crippen molar-refractivity contribution in [1.82, 2.24) is 0 Å². The Morgan fingerprint density at radius 1 is 1.50 bits per heavy atom. The van der Waals surface area contributed by atoms with Crippen LogP contribution in [0.1, 0.15) is 33.1 Å². The second-order valence-corrected chi connectivity index (χ2v) is 3.92. The summed E-state index contributed by atoms with van der Waals surface area (Å²) >= 11 is 0. The normalized spacial score (nSPS) is 22.0. The van der Waals surface area contributed by atoms with E-state index in [9.17, 15) is 0 Å². The van der Waals surface area contributed by atoms with Gasteiger partial charge in [0.1, 0.15) is 7.05 Å². The summed E-state index contributed by atoms with van der Waals surface area (Å²) in [5.41, 5.74) is 0. The van der Waals surface area contributed by atoms with Gasteiger partial charge in [0.05, 0.1) is 6.21 Å². The fourth-order valence-electron chi connectivity index (χ4n) is 1.43. The molecule has 1 aliphatic heterocycles. The predicted molar refractivity (Wildman–Crippen MR) is 53.2 cm³/mol. The van der Waals surface area contributed by atoms with E-state index in [-0.39, 0.29) is 0 Å². The minimum absolute atomic E-state index is 0.420. The van der Waals surface area contributed by atoms with Crippen molar-refractivity contribution in [3.05, 3.63) is 0 Å². The second kappa shape index (κ2) is 4.39. The standard InChI is InChI=1S/C10H19N2/c1-9(2)5-4-6-10-11-7-8-12(10)3/h7-10H,4-6H2,1-3H3/q+1. The van der Waals surface area contributed by atoms with Crippen LogP contribution in [0.5, 0.6) is 0 Å². The molecule has 2 heteroatoms. The Morgan fingerprint density at radius 2 is 2.25 bits per heavy atom. The second-order valence-electron chi connectivity index (χ2n) is 3.92. The van der Waals surface area contributed by atoms with Gasteiger partial charge < -0.3 is 0 Å². The summed E-state index contributed by atoms with van der Waals surface area (Å²) in [6.45, 7) is 4.54. The van der Waals surface area contributed by atoms with Crippen LogP contribution in [0.2, 0.25) is 0 Å². The van der Waals surface area contributed by atoms with Crippen LogP contribution in [0.4, 0.5) is 0 Å². The molecule has 0 fully saturated rings. The number of hydrogen-bond donors (Lipinski definition) is 0. The van der Waals surface area contributed by atoms with Gasteiger partial charge in [-0.25, -0.2) is 9.57 Å². The van der Waals surface area contributed by atoms with Crippen molar-refractivity contribution in [2.75, 3.05) is 7.05 Å². The summed E-state index contributed by atoms with van der Waals surface area (Å²) in [6, 6.07) is 0. The molecule has 0 saturated heterocycles. The predicted octanol–water partition coefficient (Wildman–Crippen LogP) is 1.94. The lowest BCUT2D eigenvalue weighted by molar-refractivity contribution is -0.527. The van der Waals surface area contributed by atoms with Crippen LogP contribution in [0.15, 0.2) is 4.99 Å². The molecule has 1 rings (SSSR count). The molecule has 68 valence electrons. The van der Waals surface area contributed by atoms with E-state index in [4.69, 9.17) is 0 Å². The third-order valence-electron chi connectivity index (χ3n) is 2.27. The summed E-state index contributed by atoms with van der Waals surface area (Å²) in [4.78, 5) is 4.36. The van der Waals surface area contributed by atoms with Gasteiger partial charge in [0.2, 0.25) is 6.17 Å². The molecule has 0 aromatic heterocycles. The lowest BCUT2D eigenvalue weighted by Crippen LogP contribution is -2.17. The minimum atomic E-state index is 0.420. The topological polar surface area (TPSA) is 15.4 Å². The maximum Gasteiger partial charge on any atom is 0.245 e. The molecule has 1 heterocycles. The molecule has 0 aromatic rings. The molecule has 0 spiro atoms. The monoisotopic (exact) mass is 167 g/mol. The van der Waals surface area contributed by atoms with Gasteiger partial charge in [0.25, 0.3) is 0 Å². The van der Waals surface area contributed by atoms with Crippen LogP contribution < -0.4 is 0 Å². The van der Waals surface area contributed by atoms with Gasteiger partial charge in [-0.1, -0.05) is 20.3 Å². The Hall–Kier alpha value is -0.660. The van der Waals surface area contributed by atoms with E-state index in [2.05, 4.69) is 30.5 Å².